The molecule has 7 nitrogen and oxygen atoms in total. The molecule has 1 saturated heterocycles. The number of carboxylic acids is 1. The summed E-state index contributed by atoms with van der Waals surface area (Å²) in [5.74, 6) is 1.51. The maximum Gasteiger partial charge on any atom is 0.306 e. The van der Waals surface area contributed by atoms with Crippen molar-refractivity contribution in [3.8, 4) is 0 Å². The Morgan fingerprint density at radius 3 is 2.27 bits per heavy atom. The molecule has 0 unspecified atom stereocenters. The van der Waals surface area contributed by atoms with Crippen LogP contribution < -0.4 is 10.6 Å². The number of aliphatic carboxylic acids is 1. The molecule has 0 aromatic rings. The topological polar surface area (TPSA) is 105 Å². The Morgan fingerprint density at radius 1 is 0.878 bits per heavy atom. The van der Waals surface area contributed by atoms with Crippen LogP contribution in [0.25, 0.3) is 0 Å². The average molecular weight is 681 g/mol. The van der Waals surface area contributed by atoms with Crippen LogP contribution in [-0.2, 0) is 19.1 Å². The molecule has 3 N–H and O–H groups in total. The normalized spacial score (nSPS) is 44.4. The number of carbonyl (C=O) groups is 3. The Hall–Kier alpha value is -1.89. The third kappa shape index (κ3) is 5.92. The van der Waals surface area contributed by atoms with Crippen LogP contribution in [0.3, 0.4) is 0 Å². The van der Waals surface area contributed by atoms with E-state index in [1.807, 2.05) is 13.8 Å². The van der Waals surface area contributed by atoms with E-state index in [1.165, 1.54) is 24.8 Å². The molecular weight excluding hydrogens is 612 g/mol. The first kappa shape index (κ1) is 36.9. The molecule has 0 spiro atoms. The van der Waals surface area contributed by atoms with Crippen molar-refractivity contribution in [2.24, 2.45) is 62.1 Å². The van der Waals surface area contributed by atoms with Gasteiger partial charge in [-0.15, -0.1) is 0 Å². The highest BCUT2D eigenvalue weighted by Crippen LogP contribution is 2.77. The van der Waals surface area contributed by atoms with E-state index < -0.39 is 11.4 Å². The van der Waals surface area contributed by atoms with Crippen LogP contribution in [0.4, 0.5) is 0 Å². The van der Waals surface area contributed by atoms with E-state index in [2.05, 4.69) is 58.8 Å². The van der Waals surface area contributed by atoms with Gasteiger partial charge in [-0.05, 0) is 142 Å². The van der Waals surface area contributed by atoms with Gasteiger partial charge in [-0.1, -0.05) is 60.6 Å². The number of hydrogen-bond acceptors (Lipinski definition) is 5. The van der Waals surface area contributed by atoms with Gasteiger partial charge in [-0.25, -0.2) is 0 Å². The number of fused-ring (bicyclic) bond motifs is 7. The molecule has 5 saturated carbocycles. The highest BCUT2D eigenvalue weighted by Gasteiger charge is 2.72. The van der Waals surface area contributed by atoms with Gasteiger partial charge in [0.1, 0.15) is 6.10 Å². The minimum Gasteiger partial charge on any atom is -0.481 e. The third-order valence-electron chi connectivity index (χ3n) is 16.6. The molecule has 0 aromatic heterocycles. The minimum absolute atomic E-state index is 0.0470. The highest BCUT2D eigenvalue weighted by atomic mass is 16.5. The standard InChI is InChI=1S/C42H68N2O5/c1-26(2)28-14-19-42(36(48)44-27-11-10-22-43-25-27)21-20-40(8)29(35(28)42)12-13-31-39(7)17-16-32(38(5,6)30(39)15-18-41(31,40)9)49-34(47)24-37(3,4)23-33(45)46/h27-32,35,43H,1,10-25H2,2-9H3,(H,44,48)(H,45,46)/t27-,28-,29+,30-,31+,32-,35+,39-,40+,41+,42-/m0/s1. The lowest BCUT2D eigenvalue weighted by molar-refractivity contribution is -0.249. The Labute approximate surface area is 296 Å². The van der Waals surface area contributed by atoms with Gasteiger partial charge in [0, 0.05) is 18.0 Å². The number of hydrogen-bond donors (Lipinski definition) is 3. The third-order valence-corrected chi connectivity index (χ3v) is 16.6. The summed E-state index contributed by atoms with van der Waals surface area (Å²) >= 11 is 0. The summed E-state index contributed by atoms with van der Waals surface area (Å²) in [6.07, 6.45) is 12.9. The fourth-order valence-corrected chi connectivity index (χ4v) is 14.1. The Kier molecular flexibility index (Phi) is 9.53. The fraction of sp³-hybridized carbons (Fsp3) is 0.881. The second-order valence-corrected chi connectivity index (χ2v) is 20.1. The quantitative estimate of drug-likeness (QED) is 0.176. The molecule has 0 aromatic carbocycles. The van der Waals surface area contributed by atoms with E-state index in [-0.39, 0.29) is 58.0 Å². The van der Waals surface area contributed by atoms with Crippen molar-refractivity contribution in [2.75, 3.05) is 13.1 Å². The lowest BCUT2D eigenvalue weighted by Crippen LogP contribution is -2.67. The number of rotatable bonds is 8. The molecule has 49 heavy (non-hydrogen) atoms. The van der Waals surface area contributed by atoms with Crippen LogP contribution in [0.15, 0.2) is 12.2 Å². The Bertz CT molecular complexity index is 1330. The lowest BCUT2D eigenvalue weighted by Gasteiger charge is -2.72. The van der Waals surface area contributed by atoms with E-state index in [9.17, 15) is 19.5 Å². The highest BCUT2D eigenvalue weighted by molar-refractivity contribution is 5.84. The van der Waals surface area contributed by atoms with Gasteiger partial charge in [0.15, 0.2) is 0 Å². The van der Waals surface area contributed by atoms with Crippen molar-refractivity contribution in [3.05, 3.63) is 12.2 Å². The van der Waals surface area contributed by atoms with Crippen LogP contribution in [0, 0.1) is 62.1 Å². The molecule has 11 atom stereocenters. The number of carboxylic acid groups (broad SMARTS) is 1. The first-order valence-corrected chi connectivity index (χ1v) is 19.9. The first-order chi connectivity index (χ1) is 22.8. The van der Waals surface area contributed by atoms with Crippen molar-refractivity contribution in [2.45, 2.75) is 157 Å². The van der Waals surface area contributed by atoms with Gasteiger partial charge in [-0.3, -0.25) is 14.4 Å². The molecule has 5 aliphatic carbocycles. The zero-order chi connectivity index (χ0) is 35.8. The summed E-state index contributed by atoms with van der Waals surface area (Å²) in [7, 11) is 0. The first-order valence-electron chi connectivity index (χ1n) is 19.9. The Morgan fingerprint density at radius 2 is 1.61 bits per heavy atom. The van der Waals surface area contributed by atoms with Crippen molar-refractivity contribution < 1.29 is 24.2 Å². The zero-order valence-corrected chi connectivity index (χ0v) is 32.1. The fourth-order valence-electron chi connectivity index (χ4n) is 14.1. The van der Waals surface area contributed by atoms with Crippen LogP contribution in [0.1, 0.15) is 145 Å². The van der Waals surface area contributed by atoms with E-state index in [0.717, 1.165) is 70.9 Å². The van der Waals surface area contributed by atoms with Crippen molar-refractivity contribution in [1.29, 1.82) is 0 Å². The van der Waals surface area contributed by atoms with Gasteiger partial charge in [0.25, 0.3) is 0 Å². The SMILES string of the molecule is C=C(C)[C@@H]1CC[C@]2(C(=O)N[C@H]3CCCNC3)CC[C@]3(C)[C@H](CC[C@@H]4[C@@]5(C)CC[C@H](OC(=O)CC(C)(C)CC(=O)O)C(C)(C)[C@@H]5CC[C@]43C)[C@@H]12. The average Bonchev–Trinajstić information content (AvgIpc) is 3.40. The smallest absolute Gasteiger partial charge is 0.306 e. The number of amides is 1. The number of esters is 1. The Balaban J connectivity index is 1.24. The van der Waals surface area contributed by atoms with Crippen LogP contribution in [0.2, 0.25) is 0 Å². The van der Waals surface area contributed by atoms with E-state index >= 15 is 0 Å². The summed E-state index contributed by atoms with van der Waals surface area (Å²) in [6.45, 7) is 24.9. The van der Waals surface area contributed by atoms with Crippen molar-refractivity contribution in [1.82, 2.24) is 10.6 Å². The molecule has 6 fully saturated rings. The molecule has 6 rings (SSSR count). The van der Waals surface area contributed by atoms with Crippen LogP contribution in [-0.4, -0.2) is 48.2 Å². The molecule has 0 bridgehead atoms. The molecule has 7 heteroatoms. The number of piperidine rings is 1. The maximum absolute atomic E-state index is 14.5. The zero-order valence-electron chi connectivity index (χ0n) is 32.1. The monoisotopic (exact) mass is 681 g/mol. The number of nitrogens with one attached hydrogen (secondary N) is 2. The van der Waals surface area contributed by atoms with Gasteiger partial charge < -0.3 is 20.5 Å². The summed E-state index contributed by atoms with van der Waals surface area (Å²) in [5, 5.41) is 16.4. The number of allylic oxidation sites excluding steroid dienone is 1. The summed E-state index contributed by atoms with van der Waals surface area (Å²) in [6, 6.07) is 0.242. The van der Waals surface area contributed by atoms with E-state index in [0.29, 0.717) is 35.5 Å². The molecule has 1 heterocycles. The summed E-state index contributed by atoms with van der Waals surface area (Å²) in [5.41, 5.74) is 0.684. The minimum atomic E-state index is -0.882. The largest absolute Gasteiger partial charge is 0.481 e. The van der Waals surface area contributed by atoms with E-state index in [1.54, 1.807) is 0 Å². The predicted octanol–water partition coefficient (Wildman–Crippen LogP) is 8.32. The van der Waals surface area contributed by atoms with Gasteiger partial charge >= 0.3 is 11.9 Å². The lowest BCUT2D eigenvalue weighted by atomic mass is 9.32. The maximum atomic E-state index is 14.5. The van der Waals surface area contributed by atoms with E-state index in [4.69, 9.17) is 4.74 Å². The van der Waals surface area contributed by atoms with Gasteiger partial charge in [-0.2, -0.15) is 0 Å². The molecule has 276 valence electrons. The number of ether oxygens (including phenoxy) is 1. The van der Waals surface area contributed by atoms with Crippen LogP contribution in [0.5, 0.6) is 0 Å². The predicted molar refractivity (Wildman–Crippen MR) is 194 cm³/mol. The molecule has 1 aliphatic heterocycles. The van der Waals surface area contributed by atoms with Crippen molar-refractivity contribution >= 4 is 17.8 Å². The van der Waals surface area contributed by atoms with Gasteiger partial charge in [0.2, 0.25) is 5.91 Å². The second-order valence-electron chi connectivity index (χ2n) is 20.1. The molecule has 0 radical (unpaired) electrons. The van der Waals surface area contributed by atoms with Gasteiger partial charge in [0.05, 0.1) is 18.3 Å². The summed E-state index contributed by atoms with van der Waals surface area (Å²) in [4.78, 5) is 39.1. The molecule has 1 amide bonds. The molecule has 6 aliphatic rings. The van der Waals surface area contributed by atoms with Crippen molar-refractivity contribution in [3.63, 3.8) is 0 Å². The molecular formula is C42H68N2O5. The second kappa shape index (κ2) is 12.7. The number of carbonyl (C=O) groups excluding carboxylic acids is 2. The van der Waals surface area contributed by atoms with Crippen LogP contribution >= 0.6 is 0 Å². The summed E-state index contributed by atoms with van der Waals surface area (Å²) < 4.78 is 6.27.